The SMILES string of the molecule is O=C1CC(=NCCCOc2cccc(CN3CCCCC3)c2)NC=C1Cc1ccccc1. The third-order valence-corrected chi connectivity index (χ3v) is 5.96. The van der Waals surface area contributed by atoms with Crippen molar-refractivity contribution < 1.29 is 9.53 Å². The van der Waals surface area contributed by atoms with Crippen molar-refractivity contribution in [3.05, 3.63) is 77.5 Å². The van der Waals surface area contributed by atoms with Crippen LogP contribution < -0.4 is 10.1 Å². The van der Waals surface area contributed by atoms with Crippen LogP contribution in [0.3, 0.4) is 0 Å². The van der Waals surface area contributed by atoms with E-state index in [1.807, 2.05) is 42.6 Å². The summed E-state index contributed by atoms with van der Waals surface area (Å²) in [6, 6.07) is 18.5. The van der Waals surface area contributed by atoms with Crippen molar-refractivity contribution in [1.29, 1.82) is 0 Å². The Hall–Kier alpha value is -2.92. The fourth-order valence-corrected chi connectivity index (χ4v) is 4.21. The first-order valence-electron chi connectivity index (χ1n) is 11.8. The number of likely N-dealkylation sites (tertiary alicyclic amines) is 1. The van der Waals surface area contributed by atoms with Crippen LogP contribution in [-0.4, -0.2) is 42.8 Å². The lowest BCUT2D eigenvalue weighted by Crippen LogP contribution is -2.29. The lowest BCUT2D eigenvalue weighted by molar-refractivity contribution is -0.114. The summed E-state index contributed by atoms with van der Waals surface area (Å²) in [4.78, 5) is 19.5. The highest BCUT2D eigenvalue weighted by atomic mass is 16.5. The average Bonchev–Trinajstić information content (AvgIpc) is 2.82. The van der Waals surface area contributed by atoms with Gasteiger partial charge >= 0.3 is 0 Å². The molecule has 32 heavy (non-hydrogen) atoms. The Balaban J connectivity index is 1.18. The van der Waals surface area contributed by atoms with E-state index in [4.69, 9.17) is 4.74 Å². The molecule has 0 unspecified atom stereocenters. The number of nitrogens with zero attached hydrogens (tertiary/aromatic N) is 2. The zero-order valence-corrected chi connectivity index (χ0v) is 18.8. The molecule has 0 radical (unpaired) electrons. The van der Waals surface area contributed by atoms with E-state index in [-0.39, 0.29) is 5.78 Å². The highest BCUT2D eigenvalue weighted by Gasteiger charge is 2.18. The van der Waals surface area contributed by atoms with Gasteiger partial charge in [-0.1, -0.05) is 48.9 Å². The molecule has 5 heteroatoms. The standard InChI is InChI=1S/C27H33N3O2/c31-26-19-27(29-20-24(26)17-22-9-3-1-4-10-22)28-13-8-16-32-25-12-7-11-23(18-25)21-30-14-5-2-6-15-30/h1,3-4,7,9-12,18,20H,2,5-6,8,13-17,19,21H2,(H,28,29). The third-order valence-electron chi connectivity index (χ3n) is 5.96. The monoisotopic (exact) mass is 431 g/mol. The molecule has 1 fully saturated rings. The second-order valence-electron chi connectivity index (χ2n) is 8.59. The van der Waals surface area contributed by atoms with E-state index in [9.17, 15) is 4.79 Å². The molecular weight excluding hydrogens is 398 g/mol. The fraction of sp³-hybridized carbons (Fsp3) is 0.407. The first-order chi connectivity index (χ1) is 15.8. The quantitative estimate of drug-likeness (QED) is 0.593. The Morgan fingerprint density at radius 1 is 0.969 bits per heavy atom. The smallest absolute Gasteiger partial charge is 0.168 e. The van der Waals surface area contributed by atoms with E-state index < -0.39 is 0 Å². The van der Waals surface area contributed by atoms with E-state index in [0.29, 0.717) is 26.0 Å². The van der Waals surface area contributed by atoms with Crippen molar-refractivity contribution in [1.82, 2.24) is 10.2 Å². The van der Waals surface area contributed by atoms with Crippen LogP contribution in [-0.2, 0) is 17.8 Å². The Morgan fingerprint density at radius 3 is 2.59 bits per heavy atom. The molecule has 2 aromatic rings. The molecule has 0 spiro atoms. The number of hydrogen-bond acceptors (Lipinski definition) is 4. The van der Waals surface area contributed by atoms with E-state index in [1.54, 1.807) is 0 Å². The van der Waals surface area contributed by atoms with E-state index >= 15 is 0 Å². The summed E-state index contributed by atoms with van der Waals surface area (Å²) in [5, 5.41) is 3.20. The number of ketones is 1. The maximum absolute atomic E-state index is 12.4. The highest BCUT2D eigenvalue weighted by molar-refractivity contribution is 6.11. The number of rotatable bonds is 9. The lowest BCUT2D eigenvalue weighted by Gasteiger charge is -2.26. The number of hydrogen-bond donors (Lipinski definition) is 1. The molecule has 0 saturated carbocycles. The van der Waals surface area contributed by atoms with Gasteiger partial charge in [-0.2, -0.15) is 0 Å². The van der Waals surface area contributed by atoms with Gasteiger partial charge in [0.25, 0.3) is 0 Å². The molecule has 1 N–H and O–H groups in total. The van der Waals surface area contributed by atoms with Gasteiger partial charge in [-0.15, -0.1) is 0 Å². The van der Waals surface area contributed by atoms with E-state index in [1.165, 1.54) is 37.9 Å². The van der Waals surface area contributed by atoms with Crippen molar-refractivity contribution in [3.63, 3.8) is 0 Å². The number of aliphatic imine (C=N–C) groups is 1. The minimum atomic E-state index is 0.146. The summed E-state index contributed by atoms with van der Waals surface area (Å²) in [5.41, 5.74) is 3.27. The van der Waals surface area contributed by atoms with Crippen molar-refractivity contribution in [2.24, 2.45) is 4.99 Å². The second-order valence-corrected chi connectivity index (χ2v) is 8.59. The average molecular weight is 432 g/mol. The first kappa shape index (κ1) is 22.3. The van der Waals surface area contributed by atoms with Gasteiger partial charge in [-0.25, -0.2) is 0 Å². The molecule has 168 valence electrons. The zero-order chi connectivity index (χ0) is 22.0. The maximum atomic E-state index is 12.4. The van der Waals surface area contributed by atoms with Gasteiger partial charge in [0.2, 0.25) is 0 Å². The van der Waals surface area contributed by atoms with Gasteiger partial charge in [-0.3, -0.25) is 14.7 Å². The number of benzene rings is 2. The number of ether oxygens (including phenoxy) is 1. The second kappa shape index (κ2) is 11.6. The summed E-state index contributed by atoms with van der Waals surface area (Å²) in [6.45, 7) is 4.66. The van der Waals surface area contributed by atoms with Crippen LogP contribution in [0.4, 0.5) is 0 Å². The van der Waals surface area contributed by atoms with Crippen molar-refractivity contribution in [2.75, 3.05) is 26.2 Å². The molecule has 0 bridgehead atoms. The van der Waals surface area contributed by atoms with Crippen LogP contribution in [0.5, 0.6) is 5.75 Å². The van der Waals surface area contributed by atoms with Crippen LogP contribution in [0.25, 0.3) is 0 Å². The first-order valence-corrected chi connectivity index (χ1v) is 11.8. The van der Waals surface area contributed by atoms with Crippen molar-refractivity contribution in [2.45, 2.75) is 45.1 Å². The van der Waals surface area contributed by atoms with Gasteiger partial charge in [0.15, 0.2) is 5.78 Å². The zero-order valence-electron chi connectivity index (χ0n) is 18.8. The molecule has 1 saturated heterocycles. The summed E-state index contributed by atoms with van der Waals surface area (Å²) < 4.78 is 5.94. The minimum absolute atomic E-state index is 0.146. The molecule has 4 rings (SSSR count). The molecule has 2 aromatic carbocycles. The van der Waals surface area contributed by atoms with Crippen LogP contribution >= 0.6 is 0 Å². The predicted octanol–water partition coefficient (Wildman–Crippen LogP) is 4.53. The molecule has 2 aliphatic rings. The van der Waals surface area contributed by atoms with Gasteiger partial charge in [-0.05, 0) is 49.2 Å². The molecule has 0 aliphatic carbocycles. The number of amidine groups is 1. The fourth-order valence-electron chi connectivity index (χ4n) is 4.21. The van der Waals surface area contributed by atoms with Gasteiger partial charge in [0.1, 0.15) is 11.6 Å². The Bertz CT molecular complexity index is 946. The molecular formula is C27H33N3O2. The Morgan fingerprint density at radius 2 is 1.78 bits per heavy atom. The summed E-state index contributed by atoms with van der Waals surface area (Å²) in [6.07, 6.45) is 7.60. The molecule has 5 nitrogen and oxygen atoms in total. The third kappa shape index (κ3) is 6.79. The predicted molar refractivity (Wildman–Crippen MR) is 129 cm³/mol. The summed E-state index contributed by atoms with van der Waals surface area (Å²) in [7, 11) is 0. The van der Waals surface area contributed by atoms with Crippen LogP contribution in [0, 0.1) is 0 Å². The molecule has 0 amide bonds. The van der Waals surface area contributed by atoms with Gasteiger partial charge in [0.05, 0.1) is 13.0 Å². The number of allylic oxidation sites excluding steroid dienone is 1. The van der Waals surface area contributed by atoms with E-state index in [0.717, 1.165) is 35.7 Å². The number of nitrogens with one attached hydrogen (secondary N) is 1. The number of carbonyl (C=O) groups is 1. The summed E-state index contributed by atoms with van der Waals surface area (Å²) in [5.74, 6) is 1.81. The van der Waals surface area contributed by atoms with Crippen molar-refractivity contribution >= 4 is 11.6 Å². The molecule has 0 atom stereocenters. The molecule has 2 aliphatic heterocycles. The van der Waals surface area contributed by atoms with Gasteiger partial charge in [0, 0.05) is 37.7 Å². The molecule has 0 aromatic heterocycles. The van der Waals surface area contributed by atoms with Crippen molar-refractivity contribution in [3.8, 4) is 5.75 Å². The van der Waals surface area contributed by atoms with Crippen LogP contribution in [0.15, 0.2) is 71.4 Å². The largest absolute Gasteiger partial charge is 0.494 e. The van der Waals surface area contributed by atoms with Crippen LogP contribution in [0.1, 0.15) is 43.2 Å². The lowest BCUT2D eigenvalue weighted by atomic mass is 9.98. The van der Waals surface area contributed by atoms with E-state index in [2.05, 4.69) is 33.4 Å². The van der Waals surface area contributed by atoms with Gasteiger partial charge < -0.3 is 10.1 Å². The topological polar surface area (TPSA) is 53.9 Å². The maximum Gasteiger partial charge on any atom is 0.168 e. The van der Waals surface area contributed by atoms with Crippen LogP contribution in [0.2, 0.25) is 0 Å². The Labute approximate surface area is 191 Å². The number of Topliss-reactive ketones (excluding diaryl/α,β-unsaturated/α-hetero) is 1. The Kier molecular flexibility index (Phi) is 8.10. The highest BCUT2D eigenvalue weighted by Crippen LogP contribution is 2.18. The molecule has 2 heterocycles. The minimum Gasteiger partial charge on any atom is -0.494 e. The summed E-state index contributed by atoms with van der Waals surface area (Å²) >= 11 is 0. The number of carbonyl (C=O) groups excluding carboxylic acids is 1. The normalized spacial score (nSPS) is 18.3. The number of piperidine rings is 1.